The van der Waals surface area contributed by atoms with Crippen LogP contribution in [0.3, 0.4) is 0 Å². The van der Waals surface area contributed by atoms with Crippen LogP contribution in [0.5, 0.6) is 0 Å². The summed E-state index contributed by atoms with van der Waals surface area (Å²) in [5, 5.41) is 9.89. The number of aryl methyl sites for hydroxylation is 2. The fraction of sp³-hybridized carbons (Fsp3) is 0.250. The van der Waals surface area contributed by atoms with Crippen LogP contribution < -0.4 is 0 Å². The Balaban J connectivity index is 2.47. The molecule has 70 valence electrons. The fourth-order valence-electron chi connectivity index (χ4n) is 1.63. The van der Waals surface area contributed by atoms with E-state index in [1.165, 1.54) is 20.5 Å². The summed E-state index contributed by atoms with van der Waals surface area (Å²) >= 11 is 1.81. The van der Waals surface area contributed by atoms with Crippen LogP contribution in [-0.4, -0.2) is 0 Å². The first kappa shape index (κ1) is 9.23. The van der Waals surface area contributed by atoms with Crippen LogP contribution in [-0.2, 0) is 6.42 Å². The highest BCUT2D eigenvalue weighted by Gasteiger charge is 2.06. The van der Waals surface area contributed by atoms with Crippen molar-refractivity contribution >= 4 is 21.4 Å². The van der Waals surface area contributed by atoms with E-state index in [1.807, 2.05) is 11.3 Å². The molecule has 1 nitrogen and oxygen atoms in total. The SMILES string of the molecule is Cc1c(CCC#N)sc2ccccc12. The lowest BCUT2D eigenvalue weighted by molar-refractivity contribution is 1.03. The van der Waals surface area contributed by atoms with Gasteiger partial charge in [-0.1, -0.05) is 18.2 Å². The summed E-state index contributed by atoms with van der Waals surface area (Å²) in [5.74, 6) is 0. The van der Waals surface area contributed by atoms with Gasteiger partial charge in [-0.2, -0.15) is 5.26 Å². The molecule has 0 N–H and O–H groups in total. The number of hydrogen-bond donors (Lipinski definition) is 0. The van der Waals surface area contributed by atoms with Gasteiger partial charge >= 0.3 is 0 Å². The summed E-state index contributed by atoms with van der Waals surface area (Å²) in [4.78, 5) is 1.35. The standard InChI is InChI=1S/C12H11NS/c1-9-10-5-2-3-6-12(10)14-11(9)7-4-8-13/h2-3,5-6H,4,7H2,1H3. The van der Waals surface area contributed by atoms with E-state index in [1.54, 1.807) is 0 Å². The molecule has 0 radical (unpaired) electrons. The summed E-state index contributed by atoms with van der Waals surface area (Å²) in [7, 11) is 0. The minimum Gasteiger partial charge on any atom is -0.198 e. The van der Waals surface area contributed by atoms with Gasteiger partial charge in [0.05, 0.1) is 6.07 Å². The predicted molar refractivity (Wildman–Crippen MR) is 60.5 cm³/mol. The second-order valence-electron chi connectivity index (χ2n) is 3.30. The van der Waals surface area contributed by atoms with E-state index >= 15 is 0 Å². The maximum Gasteiger partial charge on any atom is 0.0625 e. The molecule has 0 saturated heterocycles. The fourth-order valence-corrected chi connectivity index (χ4v) is 2.84. The summed E-state index contributed by atoms with van der Waals surface area (Å²) in [6.07, 6.45) is 1.51. The predicted octanol–water partition coefficient (Wildman–Crippen LogP) is 3.67. The largest absolute Gasteiger partial charge is 0.198 e. The Labute approximate surface area is 87.6 Å². The zero-order valence-electron chi connectivity index (χ0n) is 8.08. The average molecular weight is 201 g/mol. The monoisotopic (exact) mass is 201 g/mol. The number of benzene rings is 1. The maximum atomic E-state index is 8.55. The zero-order chi connectivity index (χ0) is 9.97. The van der Waals surface area contributed by atoms with E-state index in [4.69, 9.17) is 5.26 Å². The first-order valence-electron chi connectivity index (χ1n) is 4.67. The van der Waals surface area contributed by atoms with Gasteiger partial charge in [-0.3, -0.25) is 0 Å². The zero-order valence-corrected chi connectivity index (χ0v) is 8.90. The molecule has 2 heteroatoms. The van der Waals surface area contributed by atoms with E-state index in [9.17, 15) is 0 Å². The molecule has 2 aromatic rings. The van der Waals surface area contributed by atoms with Crippen LogP contribution in [0.15, 0.2) is 24.3 Å². The number of nitriles is 1. The molecular weight excluding hydrogens is 190 g/mol. The summed E-state index contributed by atoms with van der Waals surface area (Å²) in [6, 6.07) is 10.6. The number of hydrogen-bond acceptors (Lipinski definition) is 2. The van der Waals surface area contributed by atoms with Gasteiger partial charge in [-0.25, -0.2) is 0 Å². The van der Waals surface area contributed by atoms with E-state index in [-0.39, 0.29) is 0 Å². The van der Waals surface area contributed by atoms with Gasteiger partial charge in [0.1, 0.15) is 0 Å². The quantitative estimate of drug-likeness (QED) is 0.727. The molecule has 0 unspecified atom stereocenters. The Morgan fingerprint density at radius 3 is 2.86 bits per heavy atom. The van der Waals surface area contributed by atoms with Gasteiger partial charge in [0.2, 0.25) is 0 Å². The van der Waals surface area contributed by atoms with Gasteiger partial charge in [0.15, 0.2) is 0 Å². The molecule has 0 aliphatic rings. The summed E-state index contributed by atoms with van der Waals surface area (Å²) in [5.41, 5.74) is 1.35. The smallest absolute Gasteiger partial charge is 0.0625 e. The van der Waals surface area contributed by atoms with Gasteiger partial charge < -0.3 is 0 Å². The van der Waals surface area contributed by atoms with Crippen molar-refractivity contribution in [1.29, 1.82) is 5.26 Å². The molecule has 0 aliphatic carbocycles. The third-order valence-electron chi connectivity index (χ3n) is 2.41. The van der Waals surface area contributed by atoms with Crippen LogP contribution >= 0.6 is 11.3 Å². The van der Waals surface area contributed by atoms with Crippen molar-refractivity contribution in [3.05, 3.63) is 34.7 Å². The molecule has 14 heavy (non-hydrogen) atoms. The lowest BCUT2D eigenvalue weighted by Crippen LogP contribution is -1.80. The van der Waals surface area contributed by atoms with Gasteiger partial charge in [0, 0.05) is 16.0 Å². The van der Waals surface area contributed by atoms with Crippen molar-refractivity contribution < 1.29 is 0 Å². The van der Waals surface area contributed by atoms with E-state index in [0.717, 1.165) is 6.42 Å². The number of thiophene rings is 1. The topological polar surface area (TPSA) is 23.8 Å². The van der Waals surface area contributed by atoms with Gasteiger partial charge in [0.25, 0.3) is 0 Å². The van der Waals surface area contributed by atoms with Crippen molar-refractivity contribution in [2.45, 2.75) is 19.8 Å². The highest BCUT2D eigenvalue weighted by atomic mass is 32.1. The average Bonchev–Trinajstić information content (AvgIpc) is 2.54. The molecular formula is C12H11NS. The number of nitrogens with zero attached hydrogens (tertiary/aromatic N) is 1. The lowest BCUT2D eigenvalue weighted by Gasteiger charge is -1.93. The minimum absolute atomic E-state index is 0.619. The molecule has 0 amide bonds. The van der Waals surface area contributed by atoms with Crippen LogP contribution in [0.4, 0.5) is 0 Å². The lowest BCUT2D eigenvalue weighted by atomic mass is 10.1. The Kier molecular flexibility index (Phi) is 2.51. The van der Waals surface area contributed by atoms with E-state index < -0.39 is 0 Å². The summed E-state index contributed by atoms with van der Waals surface area (Å²) in [6.45, 7) is 2.14. The molecule has 2 rings (SSSR count). The van der Waals surface area contributed by atoms with Crippen molar-refractivity contribution in [3.8, 4) is 6.07 Å². The number of fused-ring (bicyclic) bond motifs is 1. The van der Waals surface area contributed by atoms with Gasteiger partial charge in [-0.15, -0.1) is 11.3 Å². The van der Waals surface area contributed by atoms with Crippen molar-refractivity contribution in [2.24, 2.45) is 0 Å². The molecule has 0 fully saturated rings. The van der Waals surface area contributed by atoms with Crippen LogP contribution in [0.25, 0.3) is 10.1 Å². The molecule has 1 heterocycles. The van der Waals surface area contributed by atoms with Crippen LogP contribution in [0.2, 0.25) is 0 Å². The van der Waals surface area contributed by atoms with Crippen molar-refractivity contribution in [1.82, 2.24) is 0 Å². The Morgan fingerprint density at radius 2 is 2.14 bits per heavy atom. The Bertz CT molecular complexity index is 490. The Hall–Kier alpha value is -1.33. The van der Waals surface area contributed by atoms with Crippen molar-refractivity contribution in [3.63, 3.8) is 0 Å². The van der Waals surface area contributed by atoms with Crippen LogP contribution in [0, 0.1) is 18.3 Å². The van der Waals surface area contributed by atoms with Crippen molar-refractivity contribution in [2.75, 3.05) is 0 Å². The first-order valence-corrected chi connectivity index (χ1v) is 5.48. The van der Waals surface area contributed by atoms with E-state index in [0.29, 0.717) is 6.42 Å². The molecule has 0 saturated carbocycles. The molecule has 0 atom stereocenters. The first-order chi connectivity index (χ1) is 6.83. The van der Waals surface area contributed by atoms with Gasteiger partial charge in [-0.05, 0) is 30.4 Å². The second-order valence-corrected chi connectivity index (χ2v) is 4.44. The molecule has 0 spiro atoms. The molecule has 1 aromatic heterocycles. The molecule has 0 aliphatic heterocycles. The Morgan fingerprint density at radius 1 is 1.36 bits per heavy atom. The third-order valence-corrected chi connectivity index (χ3v) is 3.74. The minimum atomic E-state index is 0.619. The van der Waals surface area contributed by atoms with Crippen LogP contribution in [0.1, 0.15) is 16.9 Å². The highest BCUT2D eigenvalue weighted by molar-refractivity contribution is 7.19. The third kappa shape index (κ3) is 1.51. The maximum absolute atomic E-state index is 8.55. The highest BCUT2D eigenvalue weighted by Crippen LogP contribution is 2.31. The normalized spacial score (nSPS) is 10.3. The second kappa shape index (κ2) is 3.81. The molecule has 0 bridgehead atoms. The molecule has 1 aromatic carbocycles. The summed E-state index contributed by atoms with van der Waals surface area (Å²) < 4.78 is 1.33. The number of rotatable bonds is 2. The van der Waals surface area contributed by atoms with E-state index in [2.05, 4.69) is 37.3 Å².